The predicted octanol–water partition coefficient (Wildman–Crippen LogP) is 1.07. The summed E-state index contributed by atoms with van der Waals surface area (Å²) in [6.07, 6.45) is 6.12. The van der Waals surface area contributed by atoms with E-state index >= 15 is 0 Å². The summed E-state index contributed by atoms with van der Waals surface area (Å²) in [6.45, 7) is 1.93. The first-order valence-corrected chi connectivity index (χ1v) is 5.18. The lowest BCUT2D eigenvalue weighted by molar-refractivity contribution is 0.493. The molecule has 0 aromatic carbocycles. The van der Waals surface area contributed by atoms with Crippen molar-refractivity contribution < 1.29 is 4.42 Å². The highest BCUT2D eigenvalue weighted by molar-refractivity contribution is 5.21. The zero-order chi connectivity index (χ0) is 11.5. The average Bonchev–Trinajstić information content (AvgIpc) is 2.85. The summed E-state index contributed by atoms with van der Waals surface area (Å²) in [6, 6.07) is 1.96. The second kappa shape index (κ2) is 4.51. The van der Waals surface area contributed by atoms with E-state index in [4.69, 9.17) is 10.3 Å². The number of nitrogens with one attached hydrogen (secondary N) is 1. The highest BCUT2D eigenvalue weighted by Crippen LogP contribution is 2.21. The Kier molecular flexibility index (Phi) is 3.07. The van der Waals surface area contributed by atoms with E-state index in [9.17, 15) is 0 Å². The van der Waals surface area contributed by atoms with Crippen LogP contribution in [0.1, 0.15) is 23.2 Å². The molecule has 0 saturated heterocycles. The molecule has 86 valence electrons. The summed E-state index contributed by atoms with van der Waals surface area (Å²) in [7, 11) is 1.97. The number of rotatable bonds is 4. The summed E-state index contributed by atoms with van der Waals surface area (Å²) in [5.74, 6) is 7.45. The number of imidazole rings is 1. The van der Waals surface area contributed by atoms with Crippen molar-refractivity contribution in [1.82, 2.24) is 15.0 Å². The number of aryl methyl sites for hydroxylation is 2. The largest absolute Gasteiger partial charge is 0.469 e. The maximum absolute atomic E-state index is 5.57. The molecule has 16 heavy (non-hydrogen) atoms. The van der Waals surface area contributed by atoms with Crippen molar-refractivity contribution in [3.8, 4) is 0 Å². The quantitative estimate of drug-likeness (QED) is 0.597. The fourth-order valence-electron chi connectivity index (χ4n) is 1.79. The van der Waals surface area contributed by atoms with Gasteiger partial charge in [0.2, 0.25) is 0 Å². The van der Waals surface area contributed by atoms with E-state index in [1.54, 1.807) is 12.5 Å². The molecule has 0 aliphatic heterocycles. The van der Waals surface area contributed by atoms with Gasteiger partial charge in [0.05, 0.1) is 12.3 Å². The molecular formula is C11H16N4O. The molecule has 2 heterocycles. The van der Waals surface area contributed by atoms with Crippen LogP contribution in [0, 0.1) is 6.92 Å². The molecule has 2 aromatic heterocycles. The van der Waals surface area contributed by atoms with Gasteiger partial charge in [-0.1, -0.05) is 0 Å². The highest BCUT2D eigenvalue weighted by Gasteiger charge is 2.16. The lowest BCUT2D eigenvalue weighted by Crippen LogP contribution is -2.30. The van der Waals surface area contributed by atoms with E-state index in [2.05, 4.69) is 10.4 Å². The van der Waals surface area contributed by atoms with Crippen molar-refractivity contribution in [2.75, 3.05) is 0 Å². The van der Waals surface area contributed by atoms with Gasteiger partial charge in [-0.25, -0.2) is 4.98 Å². The summed E-state index contributed by atoms with van der Waals surface area (Å²) in [4.78, 5) is 4.28. The molecule has 0 aliphatic rings. The Morgan fingerprint density at radius 1 is 1.62 bits per heavy atom. The van der Waals surface area contributed by atoms with Crippen LogP contribution in [-0.4, -0.2) is 9.55 Å². The van der Waals surface area contributed by atoms with Gasteiger partial charge in [-0.15, -0.1) is 0 Å². The van der Waals surface area contributed by atoms with Gasteiger partial charge in [0.15, 0.2) is 0 Å². The minimum absolute atomic E-state index is 0.0276. The molecule has 2 aromatic rings. The third-order valence-electron chi connectivity index (χ3n) is 2.78. The van der Waals surface area contributed by atoms with Gasteiger partial charge >= 0.3 is 0 Å². The molecule has 0 aliphatic carbocycles. The van der Waals surface area contributed by atoms with Gasteiger partial charge in [-0.3, -0.25) is 11.3 Å². The molecule has 3 N–H and O–H groups in total. The first-order chi connectivity index (χ1) is 7.72. The molecule has 0 spiro atoms. The monoisotopic (exact) mass is 220 g/mol. The van der Waals surface area contributed by atoms with Crippen LogP contribution in [0.25, 0.3) is 0 Å². The molecule has 5 heteroatoms. The van der Waals surface area contributed by atoms with Crippen LogP contribution in [-0.2, 0) is 13.5 Å². The first-order valence-electron chi connectivity index (χ1n) is 5.18. The van der Waals surface area contributed by atoms with Crippen LogP contribution in [0.15, 0.2) is 29.1 Å². The molecular weight excluding hydrogens is 204 g/mol. The van der Waals surface area contributed by atoms with Crippen LogP contribution in [0.2, 0.25) is 0 Å². The third-order valence-corrected chi connectivity index (χ3v) is 2.78. The molecule has 1 unspecified atom stereocenters. The van der Waals surface area contributed by atoms with E-state index in [1.165, 1.54) is 0 Å². The molecule has 5 nitrogen and oxygen atoms in total. The highest BCUT2D eigenvalue weighted by atomic mass is 16.3. The van der Waals surface area contributed by atoms with Gasteiger partial charge in [0.1, 0.15) is 11.6 Å². The Balaban J connectivity index is 2.19. The maximum atomic E-state index is 5.57. The second-order valence-electron chi connectivity index (χ2n) is 3.81. The minimum Gasteiger partial charge on any atom is -0.469 e. The molecule has 0 saturated carbocycles. The lowest BCUT2D eigenvalue weighted by atomic mass is 10.1. The van der Waals surface area contributed by atoms with Gasteiger partial charge in [-0.2, -0.15) is 0 Å². The van der Waals surface area contributed by atoms with E-state index < -0.39 is 0 Å². The Morgan fingerprint density at radius 2 is 2.44 bits per heavy atom. The number of hydrogen-bond acceptors (Lipinski definition) is 4. The molecule has 0 radical (unpaired) electrons. The number of aromatic nitrogens is 2. The van der Waals surface area contributed by atoms with Gasteiger partial charge in [0, 0.05) is 31.4 Å². The average molecular weight is 220 g/mol. The summed E-state index contributed by atoms with van der Waals surface area (Å²) in [5, 5.41) is 0. The summed E-state index contributed by atoms with van der Waals surface area (Å²) in [5.41, 5.74) is 3.87. The van der Waals surface area contributed by atoms with Crippen LogP contribution >= 0.6 is 0 Å². The Hall–Kier alpha value is -1.59. The van der Waals surface area contributed by atoms with E-state index in [-0.39, 0.29) is 6.04 Å². The van der Waals surface area contributed by atoms with Crippen LogP contribution in [0.3, 0.4) is 0 Å². The Morgan fingerprint density at radius 3 is 2.94 bits per heavy atom. The fraction of sp³-hybridized carbons (Fsp3) is 0.364. The van der Waals surface area contributed by atoms with E-state index in [1.807, 2.05) is 30.8 Å². The molecule has 0 amide bonds. The van der Waals surface area contributed by atoms with Gasteiger partial charge in [-0.05, 0) is 13.0 Å². The summed E-state index contributed by atoms with van der Waals surface area (Å²) >= 11 is 0. The Labute approximate surface area is 94.2 Å². The standard InChI is InChI=1S/C11H16N4O/c1-8-9(3-6-16-8)10(14-12)7-11-13-4-5-15(11)2/h3-6,10,14H,7,12H2,1-2H3. The van der Waals surface area contributed by atoms with Crippen molar-refractivity contribution in [2.45, 2.75) is 19.4 Å². The predicted molar refractivity (Wildman–Crippen MR) is 60.4 cm³/mol. The summed E-state index contributed by atoms with van der Waals surface area (Å²) < 4.78 is 7.26. The fourth-order valence-corrected chi connectivity index (χ4v) is 1.79. The molecule has 2 rings (SSSR count). The van der Waals surface area contributed by atoms with Gasteiger partial charge < -0.3 is 8.98 Å². The topological polar surface area (TPSA) is 69.0 Å². The minimum atomic E-state index is 0.0276. The van der Waals surface area contributed by atoms with E-state index in [0.29, 0.717) is 0 Å². The first kappa shape index (κ1) is 10.9. The number of hydrazine groups is 1. The third kappa shape index (κ3) is 2.00. The van der Waals surface area contributed by atoms with Crippen molar-refractivity contribution in [3.63, 3.8) is 0 Å². The number of furan rings is 1. The number of nitrogens with two attached hydrogens (primary N) is 1. The SMILES string of the molecule is Cc1occc1C(Cc1nccn1C)NN. The van der Waals surface area contributed by atoms with Crippen LogP contribution in [0.4, 0.5) is 0 Å². The van der Waals surface area contributed by atoms with Crippen molar-refractivity contribution in [3.05, 3.63) is 41.9 Å². The van der Waals surface area contributed by atoms with Crippen molar-refractivity contribution in [1.29, 1.82) is 0 Å². The van der Waals surface area contributed by atoms with Crippen molar-refractivity contribution >= 4 is 0 Å². The van der Waals surface area contributed by atoms with Crippen LogP contribution in [0.5, 0.6) is 0 Å². The van der Waals surface area contributed by atoms with Crippen LogP contribution < -0.4 is 11.3 Å². The smallest absolute Gasteiger partial charge is 0.110 e. The van der Waals surface area contributed by atoms with Gasteiger partial charge in [0.25, 0.3) is 0 Å². The zero-order valence-corrected chi connectivity index (χ0v) is 9.47. The lowest BCUT2D eigenvalue weighted by Gasteiger charge is -2.14. The van der Waals surface area contributed by atoms with Crippen molar-refractivity contribution in [2.24, 2.45) is 12.9 Å². The zero-order valence-electron chi connectivity index (χ0n) is 9.47. The maximum Gasteiger partial charge on any atom is 0.110 e. The molecule has 0 fully saturated rings. The molecule has 0 bridgehead atoms. The molecule has 1 atom stereocenters. The van der Waals surface area contributed by atoms with E-state index in [0.717, 1.165) is 23.6 Å². The second-order valence-corrected chi connectivity index (χ2v) is 3.81. The number of hydrogen-bond donors (Lipinski definition) is 2. The number of nitrogens with zero attached hydrogens (tertiary/aromatic N) is 2. The normalized spacial score (nSPS) is 12.9. The Bertz CT molecular complexity index is 460.